The van der Waals surface area contributed by atoms with E-state index in [1.807, 2.05) is 23.1 Å². The quantitative estimate of drug-likeness (QED) is 0.665. The summed E-state index contributed by atoms with van der Waals surface area (Å²) in [6.45, 7) is 2.80. The van der Waals surface area contributed by atoms with Crippen LogP contribution < -0.4 is 15.8 Å². The maximum absolute atomic E-state index is 12.7. The first-order valence-electron chi connectivity index (χ1n) is 9.84. The minimum atomic E-state index is -0.671. The summed E-state index contributed by atoms with van der Waals surface area (Å²) in [6.07, 6.45) is 3.06. The fraction of sp³-hybridized carbons (Fsp3) is 0.261. The second kappa shape index (κ2) is 7.91. The first-order chi connectivity index (χ1) is 14.1. The molecule has 0 saturated heterocycles. The zero-order chi connectivity index (χ0) is 20.4. The molecule has 0 spiro atoms. The lowest BCUT2D eigenvalue weighted by atomic mass is 10.00. The number of nitrogens with zero attached hydrogens (tertiary/aromatic N) is 1. The Kier molecular flexibility index (Phi) is 5.16. The highest BCUT2D eigenvalue weighted by Gasteiger charge is 2.24. The lowest BCUT2D eigenvalue weighted by Gasteiger charge is -2.29. The monoisotopic (exact) mass is 390 g/mol. The molecule has 148 valence electrons. The van der Waals surface area contributed by atoms with Gasteiger partial charge in [0.2, 0.25) is 5.91 Å². The maximum atomic E-state index is 12.7. The molecule has 2 aromatic carbocycles. The molecule has 4 rings (SSSR count). The van der Waals surface area contributed by atoms with Crippen molar-refractivity contribution in [1.29, 1.82) is 0 Å². The third kappa shape index (κ3) is 3.78. The molecule has 0 bridgehead atoms. The molecule has 0 saturated carbocycles. The summed E-state index contributed by atoms with van der Waals surface area (Å²) in [6, 6.07) is 14.1. The van der Waals surface area contributed by atoms with Crippen LogP contribution in [0.25, 0.3) is 11.0 Å². The standard InChI is InChI=1S/C23H22N2O4/c1-2-3-12-25-19-10-9-17(13-15(19)8-11-21(25)26)24-22(27)18-14-16-6-4-5-7-20(16)29-23(18)28/h4-7,9-10,13-14H,2-3,8,11-12H2,1H3,(H,24,27). The number of anilines is 2. The average molecular weight is 390 g/mol. The zero-order valence-corrected chi connectivity index (χ0v) is 16.2. The van der Waals surface area contributed by atoms with Crippen molar-refractivity contribution in [2.24, 2.45) is 0 Å². The number of hydrogen-bond acceptors (Lipinski definition) is 4. The van der Waals surface area contributed by atoms with Gasteiger partial charge in [0, 0.05) is 29.7 Å². The van der Waals surface area contributed by atoms with Crippen molar-refractivity contribution in [3.8, 4) is 0 Å². The van der Waals surface area contributed by atoms with Gasteiger partial charge in [0.05, 0.1) is 0 Å². The van der Waals surface area contributed by atoms with Crippen LogP contribution in [0.15, 0.2) is 57.7 Å². The van der Waals surface area contributed by atoms with Gasteiger partial charge in [0.15, 0.2) is 0 Å². The third-order valence-electron chi connectivity index (χ3n) is 5.16. The lowest BCUT2D eigenvalue weighted by Crippen LogP contribution is -2.35. The molecule has 1 aliphatic rings. The Bertz CT molecular complexity index is 1150. The van der Waals surface area contributed by atoms with Crippen molar-refractivity contribution in [2.45, 2.75) is 32.6 Å². The van der Waals surface area contributed by atoms with Crippen LogP contribution in [0, 0.1) is 0 Å². The summed E-state index contributed by atoms with van der Waals surface area (Å²) >= 11 is 0. The second-order valence-corrected chi connectivity index (χ2v) is 7.18. The van der Waals surface area contributed by atoms with Gasteiger partial charge in [-0.2, -0.15) is 0 Å². The van der Waals surface area contributed by atoms with Crippen molar-refractivity contribution >= 4 is 34.2 Å². The van der Waals surface area contributed by atoms with Crippen molar-refractivity contribution in [3.05, 3.63) is 70.1 Å². The van der Waals surface area contributed by atoms with Gasteiger partial charge >= 0.3 is 5.63 Å². The summed E-state index contributed by atoms with van der Waals surface area (Å²) in [5.74, 6) is -0.379. The number of nitrogens with one attached hydrogen (secondary N) is 1. The van der Waals surface area contributed by atoms with E-state index in [0.717, 1.165) is 24.1 Å². The number of rotatable bonds is 5. The molecule has 0 radical (unpaired) electrons. The highest BCUT2D eigenvalue weighted by molar-refractivity contribution is 6.06. The number of carbonyl (C=O) groups is 2. The van der Waals surface area contributed by atoms with Gasteiger partial charge in [-0.15, -0.1) is 0 Å². The summed E-state index contributed by atoms with van der Waals surface area (Å²) in [7, 11) is 0. The van der Waals surface area contributed by atoms with Crippen molar-refractivity contribution in [2.75, 3.05) is 16.8 Å². The molecule has 29 heavy (non-hydrogen) atoms. The first kappa shape index (κ1) is 18.9. The number of unbranched alkanes of at least 4 members (excludes halogenated alkanes) is 1. The molecule has 2 amide bonds. The predicted molar refractivity (Wildman–Crippen MR) is 112 cm³/mol. The van der Waals surface area contributed by atoms with Crippen LogP contribution in [0.2, 0.25) is 0 Å². The number of hydrogen-bond donors (Lipinski definition) is 1. The first-order valence-corrected chi connectivity index (χ1v) is 9.84. The average Bonchev–Trinajstić information content (AvgIpc) is 2.72. The Labute approximate surface area is 168 Å². The van der Waals surface area contributed by atoms with Gasteiger partial charge in [-0.05, 0) is 48.7 Å². The van der Waals surface area contributed by atoms with E-state index < -0.39 is 11.5 Å². The van der Waals surface area contributed by atoms with E-state index in [-0.39, 0.29) is 11.5 Å². The van der Waals surface area contributed by atoms with Gasteiger partial charge in [-0.1, -0.05) is 31.5 Å². The number of para-hydroxylation sites is 1. The van der Waals surface area contributed by atoms with Crippen LogP contribution in [0.1, 0.15) is 42.1 Å². The summed E-state index contributed by atoms with van der Waals surface area (Å²) in [5.41, 5.74) is 2.24. The van der Waals surface area contributed by atoms with Gasteiger partial charge < -0.3 is 14.6 Å². The molecule has 2 heterocycles. The van der Waals surface area contributed by atoms with Gasteiger partial charge in [-0.25, -0.2) is 4.79 Å². The van der Waals surface area contributed by atoms with Crippen LogP contribution in [0.4, 0.5) is 11.4 Å². The van der Waals surface area contributed by atoms with E-state index in [0.29, 0.717) is 36.0 Å². The van der Waals surface area contributed by atoms with Crippen LogP contribution in [-0.4, -0.2) is 18.4 Å². The minimum absolute atomic E-state index is 0.0406. The Morgan fingerprint density at radius 3 is 2.76 bits per heavy atom. The Morgan fingerprint density at radius 2 is 1.93 bits per heavy atom. The molecule has 1 N–H and O–H groups in total. The van der Waals surface area contributed by atoms with E-state index in [9.17, 15) is 14.4 Å². The van der Waals surface area contributed by atoms with Gasteiger partial charge in [0.1, 0.15) is 11.1 Å². The minimum Gasteiger partial charge on any atom is -0.422 e. The number of carbonyl (C=O) groups excluding carboxylic acids is 2. The third-order valence-corrected chi connectivity index (χ3v) is 5.16. The lowest BCUT2D eigenvalue weighted by molar-refractivity contribution is -0.118. The number of fused-ring (bicyclic) bond motifs is 2. The van der Waals surface area contributed by atoms with Crippen molar-refractivity contribution < 1.29 is 14.0 Å². The van der Waals surface area contributed by atoms with Crippen LogP contribution in [-0.2, 0) is 11.2 Å². The van der Waals surface area contributed by atoms with E-state index in [2.05, 4.69) is 12.2 Å². The van der Waals surface area contributed by atoms with Crippen molar-refractivity contribution in [3.63, 3.8) is 0 Å². The number of benzene rings is 2. The predicted octanol–water partition coefficient (Wildman–Crippen LogP) is 4.12. The molecule has 0 unspecified atom stereocenters. The molecule has 3 aromatic rings. The van der Waals surface area contributed by atoms with Gasteiger partial charge in [-0.3, -0.25) is 9.59 Å². The molecule has 0 atom stereocenters. The second-order valence-electron chi connectivity index (χ2n) is 7.18. The molecular formula is C23H22N2O4. The molecule has 1 aliphatic heterocycles. The topological polar surface area (TPSA) is 79.6 Å². The van der Waals surface area contributed by atoms with Crippen molar-refractivity contribution in [1.82, 2.24) is 0 Å². The molecule has 6 nitrogen and oxygen atoms in total. The van der Waals surface area contributed by atoms with Crippen LogP contribution >= 0.6 is 0 Å². The molecular weight excluding hydrogens is 368 g/mol. The molecule has 6 heteroatoms. The summed E-state index contributed by atoms with van der Waals surface area (Å²) in [4.78, 5) is 39.0. The van der Waals surface area contributed by atoms with E-state index >= 15 is 0 Å². The fourth-order valence-corrected chi connectivity index (χ4v) is 3.62. The van der Waals surface area contributed by atoms with Crippen LogP contribution in [0.5, 0.6) is 0 Å². The molecule has 0 aliphatic carbocycles. The normalized spacial score (nSPS) is 13.4. The molecule has 0 fully saturated rings. The van der Waals surface area contributed by atoms with E-state index in [4.69, 9.17) is 4.42 Å². The Hall–Kier alpha value is -3.41. The maximum Gasteiger partial charge on any atom is 0.349 e. The number of amides is 2. The van der Waals surface area contributed by atoms with Gasteiger partial charge in [0.25, 0.3) is 5.91 Å². The Balaban J connectivity index is 1.59. The fourth-order valence-electron chi connectivity index (χ4n) is 3.62. The SMILES string of the molecule is CCCCN1C(=O)CCc2cc(NC(=O)c3cc4ccccc4oc3=O)ccc21. The number of aryl methyl sites for hydroxylation is 1. The summed E-state index contributed by atoms with van der Waals surface area (Å²) in [5, 5.41) is 3.47. The zero-order valence-electron chi connectivity index (χ0n) is 16.2. The smallest absolute Gasteiger partial charge is 0.349 e. The largest absolute Gasteiger partial charge is 0.422 e. The van der Waals surface area contributed by atoms with E-state index in [1.54, 1.807) is 30.3 Å². The highest BCUT2D eigenvalue weighted by atomic mass is 16.4. The van der Waals surface area contributed by atoms with Crippen LogP contribution in [0.3, 0.4) is 0 Å². The summed E-state index contributed by atoms with van der Waals surface area (Å²) < 4.78 is 5.24. The molecule has 1 aromatic heterocycles. The Morgan fingerprint density at radius 1 is 1.10 bits per heavy atom. The highest BCUT2D eigenvalue weighted by Crippen LogP contribution is 2.30. The van der Waals surface area contributed by atoms with E-state index in [1.165, 1.54) is 0 Å².